The topological polar surface area (TPSA) is 32.8 Å². The van der Waals surface area contributed by atoms with E-state index in [1.807, 2.05) is 24.3 Å². The molecule has 0 aromatic heterocycles. The maximum atomic E-state index is 12.1. The second kappa shape index (κ2) is 10.7. The average Bonchev–Trinajstić information content (AvgIpc) is 2.74. The van der Waals surface area contributed by atoms with Crippen LogP contribution in [0.2, 0.25) is 5.02 Å². The molecule has 1 heterocycles. The first-order valence-corrected chi connectivity index (χ1v) is 11.6. The molecule has 0 saturated carbocycles. The number of methoxy groups -OCH3 is 1. The molecule has 4 nitrogen and oxygen atoms in total. The Morgan fingerprint density at radius 1 is 1.20 bits per heavy atom. The first-order valence-electron chi connectivity index (χ1n) is 10.4. The van der Waals surface area contributed by atoms with Crippen molar-refractivity contribution in [2.24, 2.45) is 5.92 Å². The maximum absolute atomic E-state index is 12.1. The Balaban J connectivity index is 1.48. The van der Waals surface area contributed by atoms with Crippen molar-refractivity contribution in [1.82, 2.24) is 9.80 Å². The minimum atomic E-state index is -0.0590. The lowest BCUT2D eigenvalue weighted by molar-refractivity contribution is 0.0828. The summed E-state index contributed by atoms with van der Waals surface area (Å²) in [6.45, 7) is 3.27. The Kier molecular flexibility index (Phi) is 8.20. The lowest BCUT2D eigenvalue weighted by atomic mass is 9.90. The summed E-state index contributed by atoms with van der Waals surface area (Å²) in [5, 5.41) is 0.536. The minimum Gasteiger partial charge on any atom is -0.497 e. The molecular formula is C24H30BrClN2O2. The van der Waals surface area contributed by atoms with E-state index in [4.69, 9.17) is 16.3 Å². The van der Waals surface area contributed by atoms with E-state index >= 15 is 0 Å². The van der Waals surface area contributed by atoms with Crippen LogP contribution < -0.4 is 4.74 Å². The number of halogens is 2. The monoisotopic (exact) mass is 492 g/mol. The van der Waals surface area contributed by atoms with E-state index in [2.05, 4.69) is 33.0 Å². The van der Waals surface area contributed by atoms with Gasteiger partial charge in [0.2, 0.25) is 0 Å². The fraction of sp³-hybridized carbons (Fsp3) is 0.458. The number of ether oxygens (including phenoxy) is 1. The van der Waals surface area contributed by atoms with Crippen LogP contribution >= 0.6 is 27.5 Å². The quantitative estimate of drug-likeness (QED) is 0.524. The third-order valence-corrected chi connectivity index (χ3v) is 6.94. The standard InChI is InChI=1S/C24H30BrClN2O2/c1-27(2)24(29)21-6-4-17(15-23(21)26)8-11-28-12-9-18(10-13-28)14-19-16-20(30-3)5-7-22(19)25/h4-7,15-16,18H,8-14H2,1-3H3. The van der Waals surface area contributed by atoms with Gasteiger partial charge >= 0.3 is 0 Å². The van der Waals surface area contributed by atoms with Crippen LogP contribution in [-0.4, -0.2) is 56.5 Å². The van der Waals surface area contributed by atoms with Gasteiger partial charge in [-0.25, -0.2) is 0 Å². The van der Waals surface area contributed by atoms with Crippen molar-refractivity contribution < 1.29 is 9.53 Å². The van der Waals surface area contributed by atoms with Gasteiger partial charge in [0.1, 0.15) is 5.75 Å². The highest BCUT2D eigenvalue weighted by Gasteiger charge is 2.20. The van der Waals surface area contributed by atoms with Gasteiger partial charge in [0, 0.05) is 25.1 Å². The highest BCUT2D eigenvalue weighted by Crippen LogP contribution is 2.29. The Morgan fingerprint density at radius 3 is 2.57 bits per heavy atom. The van der Waals surface area contributed by atoms with Crippen molar-refractivity contribution in [1.29, 1.82) is 0 Å². The zero-order chi connectivity index (χ0) is 21.7. The molecule has 0 N–H and O–H groups in total. The van der Waals surface area contributed by atoms with Crippen LogP contribution in [0, 0.1) is 5.92 Å². The Morgan fingerprint density at radius 2 is 1.93 bits per heavy atom. The predicted molar refractivity (Wildman–Crippen MR) is 127 cm³/mol. The van der Waals surface area contributed by atoms with Crippen molar-refractivity contribution >= 4 is 33.4 Å². The number of likely N-dealkylation sites (tertiary alicyclic amines) is 1. The first-order chi connectivity index (χ1) is 14.4. The Bertz CT molecular complexity index is 880. The number of piperidine rings is 1. The number of rotatable bonds is 7. The van der Waals surface area contributed by atoms with Crippen LogP contribution in [0.5, 0.6) is 5.75 Å². The lowest BCUT2D eigenvalue weighted by Gasteiger charge is -2.32. The molecule has 1 aliphatic rings. The fourth-order valence-electron chi connectivity index (χ4n) is 3.98. The predicted octanol–water partition coefficient (Wildman–Crippen LogP) is 5.31. The van der Waals surface area contributed by atoms with Crippen LogP contribution in [0.25, 0.3) is 0 Å². The molecule has 3 rings (SSSR count). The summed E-state index contributed by atoms with van der Waals surface area (Å²) in [6.07, 6.45) is 4.45. The summed E-state index contributed by atoms with van der Waals surface area (Å²) in [6, 6.07) is 12.0. The fourth-order valence-corrected chi connectivity index (χ4v) is 4.67. The molecule has 2 aromatic rings. The molecule has 0 radical (unpaired) electrons. The van der Waals surface area contributed by atoms with E-state index in [0.717, 1.165) is 38.2 Å². The molecule has 2 aromatic carbocycles. The van der Waals surface area contributed by atoms with Crippen LogP contribution in [0.4, 0.5) is 0 Å². The van der Waals surface area contributed by atoms with Gasteiger partial charge in [-0.15, -0.1) is 0 Å². The lowest BCUT2D eigenvalue weighted by Crippen LogP contribution is -2.35. The summed E-state index contributed by atoms with van der Waals surface area (Å²) >= 11 is 10.0. The summed E-state index contributed by atoms with van der Waals surface area (Å²) in [7, 11) is 5.19. The smallest absolute Gasteiger partial charge is 0.254 e. The molecule has 1 saturated heterocycles. The number of benzene rings is 2. The molecule has 0 bridgehead atoms. The van der Waals surface area contributed by atoms with Crippen LogP contribution in [-0.2, 0) is 12.8 Å². The highest BCUT2D eigenvalue weighted by atomic mass is 79.9. The summed E-state index contributed by atoms with van der Waals surface area (Å²) in [4.78, 5) is 16.2. The molecule has 6 heteroatoms. The van der Waals surface area contributed by atoms with Crippen molar-refractivity contribution in [2.45, 2.75) is 25.7 Å². The van der Waals surface area contributed by atoms with E-state index in [9.17, 15) is 4.79 Å². The molecular weight excluding hydrogens is 464 g/mol. The number of carbonyl (C=O) groups is 1. The van der Waals surface area contributed by atoms with Crippen LogP contribution in [0.3, 0.4) is 0 Å². The Hall–Kier alpha value is -1.56. The third kappa shape index (κ3) is 5.99. The van der Waals surface area contributed by atoms with E-state index in [-0.39, 0.29) is 5.91 Å². The largest absolute Gasteiger partial charge is 0.497 e. The van der Waals surface area contributed by atoms with Gasteiger partial charge in [-0.05, 0) is 86.1 Å². The summed E-state index contributed by atoms with van der Waals surface area (Å²) in [5.74, 6) is 1.56. The van der Waals surface area contributed by atoms with Crippen LogP contribution in [0.15, 0.2) is 40.9 Å². The van der Waals surface area contributed by atoms with Crippen LogP contribution in [0.1, 0.15) is 34.3 Å². The molecule has 0 atom stereocenters. The number of amides is 1. The van der Waals surface area contributed by atoms with E-state index in [1.165, 1.54) is 28.4 Å². The molecule has 0 aliphatic carbocycles. The van der Waals surface area contributed by atoms with Gasteiger partial charge in [0.25, 0.3) is 5.91 Å². The molecule has 162 valence electrons. The van der Waals surface area contributed by atoms with Crippen molar-refractivity contribution in [3.63, 3.8) is 0 Å². The molecule has 1 aliphatic heterocycles. The van der Waals surface area contributed by atoms with Gasteiger partial charge in [-0.1, -0.05) is 33.6 Å². The Labute approximate surface area is 193 Å². The van der Waals surface area contributed by atoms with E-state index < -0.39 is 0 Å². The van der Waals surface area contributed by atoms with Gasteiger partial charge < -0.3 is 14.5 Å². The molecule has 0 spiro atoms. The normalized spacial score (nSPS) is 15.2. The molecule has 1 fully saturated rings. The number of hydrogen-bond acceptors (Lipinski definition) is 3. The van der Waals surface area contributed by atoms with Crippen molar-refractivity contribution in [3.8, 4) is 5.75 Å². The average molecular weight is 494 g/mol. The second-order valence-corrected chi connectivity index (χ2v) is 9.47. The third-order valence-electron chi connectivity index (χ3n) is 5.86. The second-order valence-electron chi connectivity index (χ2n) is 8.21. The minimum absolute atomic E-state index is 0.0590. The summed E-state index contributed by atoms with van der Waals surface area (Å²) in [5.41, 5.74) is 3.07. The SMILES string of the molecule is COc1ccc(Br)c(CC2CCN(CCc3ccc(C(=O)N(C)C)c(Cl)c3)CC2)c1. The number of carbonyl (C=O) groups excluding carboxylic acids is 1. The summed E-state index contributed by atoms with van der Waals surface area (Å²) < 4.78 is 6.54. The highest BCUT2D eigenvalue weighted by molar-refractivity contribution is 9.10. The van der Waals surface area contributed by atoms with Crippen molar-refractivity contribution in [3.05, 3.63) is 62.6 Å². The van der Waals surface area contributed by atoms with Gasteiger partial charge in [-0.3, -0.25) is 4.79 Å². The van der Waals surface area contributed by atoms with E-state index in [0.29, 0.717) is 16.5 Å². The number of nitrogens with zero attached hydrogens (tertiary/aromatic N) is 2. The molecule has 1 amide bonds. The zero-order valence-corrected chi connectivity index (χ0v) is 20.3. The number of hydrogen-bond donors (Lipinski definition) is 0. The van der Waals surface area contributed by atoms with Gasteiger partial charge in [-0.2, -0.15) is 0 Å². The molecule has 0 unspecified atom stereocenters. The van der Waals surface area contributed by atoms with Gasteiger partial charge in [0.15, 0.2) is 0 Å². The zero-order valence-electron chi connectivity index (χ0n) is 18.0. The van der Waals surface area contributed by atoms with E-state index in [1.54, 1.807) is 26.1 Å². The molecule has 30 heavy (non-hydrogen) atoms. The van der Waals surface area contributed by atoms with Gasteiger partial charge in [0.05, 0.1) is 17.7 Å². The van der Waals surface area contributed by atoms with Crippen molar-refractivity contribution in [2.75, 3.05) is 40.8 Å². The first kappa shape index (κ1) is 23.1. The maximum Gasteiger partial charge on any atom is 0.254 e.